The van der Waals surface area contributed by atoms with Crippen LogP contribution in [0.4, 0.5) is 0 Å². The Bertz CT molecular complexity index is 180. The Hall–Kier alpha value is 0.150. The molecule has 0 aliphatic heterocycles. The molecule has 0 spiro atoms. The average Bonchev–Trinajstić information content (AvgIpc) is 2.38. The summed E-state index contributed by atoms with van der Waals surface area (Å²) in [7, 11) is -0.533. The molecule has 0 fully saturated rings. The molecule has 110 valence electrons. The maximum atomic E-state index is 11.5. The van der Waals surface area contributed by atoms with Crippen molar-refractivity contribution in [2.75, 3.05) is 11.5 Å². The van der Waals surface area contributed by atoms with Gasteiger partial charge in [-0.1, -0.05) is 78.1 Å². The fourth-order valence-corrected chi connectivity index (χ4v) is 3.50. The van der Waals surface area contributed by atoms with Crippen LogP contribution >= 0.6 is 0 Å². The van der Waals surface area contributed by atoms with E-state index in [1.54, 1.807) is 0 Å². The van der Waals surface area contributed by atoms with E-state index in [4.69, 9.17) is 0 Å². The zero-order valence-corrected chi connectivity index (χ0v) is 13.5. The molecule has 0 amide bonds. The van der Waals surface area contributed by atoms with Crippen LogP contribution in [0.25, 0.3) is 0 Å². The predicted molar refractivity (Wildman–Crippen MR) is 84.6 cm³/mol. The molecule has 0 rings (SSSR count). The maximum Gasteiger partial charge on any atom is 0.0234 e. The van der Waals surface area contributed by atoms with Gasteiger partial charge in [0.25, 0.3) is 0 Å². The smallest absolute Gasteiger partial charge is 0.0234 e. The number of hydrogen-bond acceptors (Lipinski definition) is 1. The van der Waals surface area contributed by atoms with Gasteiger partial charge < -0.3 is 0 Å². The van der Waals surface area contributed by atoms with Crippen molar-refractivity contribution in [3.63, 3.8) is 0 Å². The topological polar surface area (TPSA) is 17.1 Å². The molecule has 0 unspecified atom stereocenters. The van der Waals surface area contributed by atoms with Gasteiger partial charge in [0, 0.05) is 22.3 Å². The SMILES string of the molecule is CCCCCCCCCCCC[S@](=O)CCCC. The van der Waals surface area contributed by atoms with Crippen molar-refractivity contribution in [2.45, 2.75) is 90.9 Å². The molecule has 1 nitrogen and oxygen atoms in total. The minimum atomic E-state index is -0.533. The zero-order valence-electron chi connectivity index (χ0n) is 12.7. The molecule has 0 radical (unpaired) electrons. The lowest BCUT2D eigenvalue weighted by Crippen LogP contribution is -2.02. The van der Waals surface area contributed by atoms with Gasteiger partial charge in [0.2, 0.25) is 0 Å². The molecule has 0 saturated carbocycles. The van der Waals surface area contributed by atoms with E-state index in [9.17, 15) is 4.21 Å². The third kappa shape index (κ3) is 14.2. The lowest BCUT2D eigenvalue weighted by molar-refractivity contribution is 0.562. The number of rotatable bonds is 14. The van der Waals surface area contributed by atoms with Crippen molar-refractivity contribution in [1.29, 1.82) is 0 Å². The molecule has 18 heavy (non-hydrogen) atoms. The van der Waals surface area contributed by atoms with E-state index in [1.165, 1.54) is 70.6 Å². The third-order valence-electron chi connectivity index (χ3n) is 3.45. The third-order valence-corrected chi connectivity index (χ3v) is 4.94. The van der Waals surface area contributed by atoms with Crippen LogP contribution in [0.3, 0.4) is 0 Å². The van der Waals surface area contributed by atoms with E-state index in [-0.39, 0.29) is 0 Å². The van der Waals surface area contributed by atoms with E-state index in [2.05, 4.69) is 13.8 Å². The van der Waals surface area contributed by atoms with E-state index < -0.39 is 10.8 Å². The molecule has 0 bridgehead atoms. The van der Waals surface area contributed by atoms with Gasteiger partial charge in [-0.05, 0) is 12.8 Å². The lowest BCUT2D eigenvalue weighted by Gasteiger charge is -2.03. The van der Waals surface area contributed by atoms with E-state index in [1.807, 2.05) is 0 Å². The molecule has 0 aliphatic rings. The minimum absolute atomic E-state index is 0.533. The summed E-state index contributed by atoms with van der Waals surface area (Å²) >= 11 is 0. The van der Waals surface area contributed by atoms with Crippen LogP contribution in [0, 0.1) is 0 Å². The van der Waals surface area contributed by atoms with Crippen LogP contribution in [0.1, 0.15) is 90.9 Å². The van der Waals surface area contributed by atoms with Gasteiger partial charge in [0.15, 0.2) is 0 Å². The standard InChI is InChI=1S/C16H34OS/c1-3-5-7-8-9-10-11-12-13-14-16-18(17)15-6-4-2/h3-16H2,1-2H3/t18-/m1/s1. The molecule has 0 aliphatic carbocycles. The fourth-order valence-electron chi connectivity index (χ4n) is 2.16. The Morgan fingerprint density at radius 2 is 0.944 bits per heavy atom. The van der Waals surface area contributed by atoms with Crippen LogP contribution in [-0.2, 0) is 10.8 Å². The molecule has 0 N–H and O–H groups in total. The first-order chi connectivity index (χ1) is 8.81. The van der Waals surface area contributed by atoms with Crippen molar-refractivity contribution in [3.8, 4) is 0 Å². The van der Waals surface area contributed by atoms with Crippen LogP contribution in [0.15, 0.2) is 0 Å². The van der Waals surface area contributed by atoms with Gasteiger partial charge in [-0.25, -0.2) is 0 Å². The Balaban J connectivity index is 3.04. The van der Waals surface area contributed by atoms with Gasteiger partial charge in [-0.2, -0.15) is 0 Å². The van der Waals surface area contributed by atoms with Gasteiger partial charge in [0.05, 0.1) is 0 Å². The van der Waals surface area contributed by atoms with Crippen molar-refractivity contribution >= 4 is 10.8 Å². The highest BCUT2D eigenvalue weighted by atomic mass is 32.2. The molecule has 2 heteroatoms. The van der Waals surface area contributed by atoms with Gasteiger partial charge >= 0.3 is 0 Å². The minimum Gasteiger partial charge on any atom is -0.260 e. The maximum absolute atomic E-state index is 11.5. The van der Waals surface area contributed by atoms with E-state index >= 15 is 0 Å². The summed E-state index contributed by atoms with van der Waals surface area (Å²) in [6.07, 6.45) is 15.9. The van der Waals surface area contributed by atoms with E-state index in [0.717, 1.165) is 17.9 Å². The lowest BCUT2D eigenvalue weighted by atomic mass is 10.1. The largest absolute Gasteiger partial charge is 0.260 e. The van der Waals surface area contributed by atoms with Gasteiger partial charge in [-0.15, -0.1) is 0 Å². The number of hydrogen-bond donors (Lipinski definition) is 0. The zero-order chi connectivity index (χ0) is 13.5. The van der Waals surface area contributed by atoms with E-state index in [0.29, 0.717) is 0 Å². The highest BCUT2D eigenvalue weighted by molar-refractivity contribution is 7.84. The van der Waals surface area contributed by atoms with Gasteiger partial charge in [0.1, 0.15) is 0 Å². The van der Waals surface area contributed by atoms with Crippen molar-refractivity contribution in [1.82, 2.24) is 0 Å². The first-order valence-electron chi connectivity index (χ1n) is 8.16. The quantitative estimate of drug-likeness (QED) is 0.385. The summed E-state index contributed by atoms with van der Waals surface area (Å²) in [6, 6.07) is 0. The number of unbranched alkanes of at least 4 members (excludes halogenated alkanes) is 10. The second-order valence-electron chi connectivity index (χ2n) is 5.38. The fraction of sp³-hybridized carbons (Fsp3) is 1.00. The highest BCUT2D eigenvalue weighted by Gasteiger charge is 1.98. The second kappa shape index (κ2) is 15.2. The molecule has 0 aromatic rings. The summed E-state index contributed by atoms with van der Waals surface area (Å²) in [4.78, 5) is 0. The first kappa shape index (κ1) is 18.1. The molecular formula is C16H34OS. The summed E-state index contributed by atoms with van der Waals surface area (Å²) < 4.78 is 11.5. The van der Waals surface area contributed by atoms with Crippen LogP contribution in [0.2, 0.25) is 0 Å². The second-order valence-corrected chi connectivity index (χ2v) is 7.08. The normalized spacial score (nSPS) is 12.8. The summed E-state index contributed by atoms with van der Waals surface area (Å²) in [5.41, 5.74) is 0. The molecule has 1 atom stereocenters. The molecule has 0 saturated heterocycles. The van der Waals surface area contributed by atoms with Crippen molar-refractivity contribution < 1.29 is 4.21 Å². The summed E-state index contributed by atoms with van der Waals surface area (Å²) in [6.45, 7) is 4.43. The van der Waals surface area contributed by atoms with Gasteiger partial charge in [-0.3, -0.25) is 4.21 Å². The summed E-state index contributed by atoms with van der Waals surface area (Å²) in [5.74, 6) is 1.87. The molecule has 0 heterocycles. The summed E-state index contributed by atoms with van der Waals surface area (Å²) in [5, 5.41) is 0. The van der Waals surface area contributed by atoms with Crippen molar-refractivity contribution in [2.24, 2.45) is 0 Å². The monoisotopic (exact) mass is 274 g/mol. The van der Waals surface area contributed by atoms with Crippen molar-refractivity contribution in [3.05, 3.63) is 0 Å². The Kier molecular flexibility index (Phi) is 15.3. The molecule has 0 aromatic heterocycles. The molecule has 0 aromatic carbocycles. The predicted octanol–water partition coefficient (Wildman–Crippen LogP) is 5.46. The Labute approximate surface area is 118 Å². The first-order valence-corrected chi connectivity index (χ1v) is 9.65. The Morgan fingerprint density at radius 3 is 1.44 bits per heavy atom. The van der Waals surface area contributed by atoms with Crippen LogP contribution in [-0.4, -0.2) is 15.7 Å². The Morgan fingerprint density at radius 1 is 0.556 bits per heavy atom. The average molecular weight is 275 g/mol. The highest BCUT2D eigenvalue weighted by Crippen LogP contribution is 2.10. The molecular weight excluding hydrogens is 240 g/mol. The van der Waals surface area contributed by atoms with Crippen LogP contribution < -0.4 is 0 Å². The van der Waals surface area contributed by atoms with Crippen LogP contribution in [0.5, 0.6) is 0 Å².